The molecule has 5 heteroatoms. The summed E-state index contributed by atoms with van der Waals surface area (Å²) in [5.41, 5.74) is 5.60. The van der Waals surface area contributed by atoms with Crippen molar-refractivity contribution in [3.8, 4) is 0 Å². The Morgan fingerprint density at radius 1 is 1.44 bits per heavy atom. The van der Waals surface area contributed by atoms with Crippen molar-refractivity contribution < 1.29 is 0 Å². The number of aromatic nitrogens is 2. The van der Waals surface area contributed by atoms with Crippen molar-refractivity contribution in [3.63, 3.8) is 0 Å². The van der Waals surface area contributed by atoms with Gasteiger partial charge in [0.15, 0.2) is 0 Å². The van der Waals surface area contributed by atoms with E-state index < -0.39 is 0 Å². The Balaban J connectivity index is 2.68. The highest BCUT2D eigenvalue weighted by atomic mass is 32.2. The van der Waals surface area contributed by atoms with Crippen molar-refractivity contribution in [2.75, 3.05) is 18.1 Å². The van der Waals surface area contributed by atoms with Gasteiger partial charge in [0, 0.05) is 12.1 Å². The van der Waals surface area contributed by atoms with Gasteiger partial charge in [-0.1, -0.05) is 13.8 Å². The molecule has 4 nitrogen and oxygen atoms in total. The molecule has 0 radical (unpaired) electrons. The van der Waals surface area contributed by atoms with Crippen LogP contribution in [0.25, 0.3) is 0 Å². The topological polar surface area (TPSA) is 63.8 Å². The second-order valence-electron chi connectivity index (χ2n) is 4.02. The molecule has 1 aromatic heterocycles. The lowest BCUT2D eigenvalue weighted by Crippen LogP contribution is -2.28. The highest BCUT2D eigenvalue weighted by molar-refractivity contribution is 7.98. The van der Waals surface area contributed by atoms with E-state index in [1.54, 1.807) is 18.1 Å². The first kappa shape index (κ1) is 13.3. The Morgan fingerprint density at radius 3 is 2.75 bits per heavy atom. The molecule has 1 heterocycles. The van der Waals surface area contributed by atoms with Gasteiger partial charge < -0.3 is 11.1 Å². The summed E-state index contributed by atoms with van der Waals surface area (Å²) < 4.78 is 0. The fourth-order valence-electron chi connectivity index (χ4n) is 1.47. The number of nitrogens with zero attached hydrogens (tertiary/aromatic N) is 2. The first-order chi connectivity index (χ1) is 7.67. The molecule has 0 fully saturated rings. The molecule has 0 aliphatic heterocycles. The molecule has 0 aliphatic rings. The predicted octanol–water partition coefficient (Wildman–Crippen LogP) is 1.98. The van der Waals surface area contributed by atoms with Crippen molar-refractivity contribution in [1.29, 1.82) is 0 Å². The molecule has 3 N–H and O–H groups in total. The Bertz CT molecular complexity index is 317. The van der Waals surface area contributed by atoms with E-state index in [1.807, 2.05) is 12.3 Å². The molecule has 16 heavy (non-hydrogen) atoms. The van der Waals surface area contributed by atoms with Crippen molar-refractivity contribution in [2.45, 2.75) is 31.3 Å². The summed E-state index contributed by atoms with van der Waals surface area (Å²) in [6.45, 7) is 5.06. The van der Waals surface area contributed by atoms with Gasteiger partial charge in [-0.3, -0.25) is 0 Å². The Kier molecular flexibility index (Phi) is 5.55. The molecule has 0 aromatic carbocycles. The molecule has 0 aliphatic carbocycles. The van der Waals surface area contributed by atoms with E-state index in [-0.39, 0.29) is 0 Å². The standard InChI is InChI=1S/C11H20N4S/c1-8(2)9(4-5-12)15-10-6-11(16-3)14-7-13-10/h6-9H,4-5,12H2,1-3H3,(H,13,14,15). The zero-order chi connectivity index (χ0) is 12.0. The van der Waals surface area contributed by atoms with Gasteiger partial charge in [0.2, 0.25) is 0 Å². The van der Waals surface area contributed by atoms with Crippen LogP contribution in [0.2, 0.25) is 0 Å². The molecule has 1 atom stereocenters. The Morgan fingerprint density at radius 2 is 2.19 bits per heavy atom. The van der Waals surface area contributed by atoms with E-state index in [0.717, 1.165) is 17.3 Å². The van der Waals surface area contributed by atoms with E-state index in [4.69, 9.17) is 5.73 Å². The summed E-state index contributed by atoms with van der Waals surface area (Å²) >= 11 is 1.62. The molecule has 1 aromatic rings. The zero-order valence-corrected chi connectivity index (χ0v) is 10.9. The number of hydrogen-bond acceptors (Lipinski definition) is 5. The second kappa shape index (κ2) is 6.70. The summed E-state index contributed by atoms with van der Waals surface area (Å²) in [4.78, 5) is 8.36. The van der Waals surface area contributed by atoms with E-state index in [9.17, 15) is 0 Å². The molecular weight excluding hydrogens is 220 g/mol. The lowest BCUT2D eigenvalue weighted by Gasteiger charge is -2.22. The van der Waals surface area contributed by atoms with Gasteiger partial charge >= 0.3 is 0 Å². The number of nitrogens with one attached hydrogen (secondary N) is 1. The smallest absolute Gasteiger partial charge is 0.130 e. The van der Waals surface area contributed by atoms with E-state index in [2.05, 4.69) is 29.1 Å². The normalized spacial score (nSPS) is 12.8. The first-order valence-corrected chi connectivity index (χ1v) is 6.72. The maximum absolute atomic E-state index is 5.60. The number of hydrogen-bond donors (Lipinski definition) is 2. The minimum Gasteiger partial charge on any atom is -0.367 e. The lowest BCUT2D eigenvalue weighted by atomic mass is 10.0. The maximum Gasteiger partial charge on any atom is 0.130 e. The summed E-state index contributed by atoms with van der Waals surface area (Å²) in [6, 6.07) is 2.34. The van der Waals surface area contributed by atoms with Gasteiger partial charge in [0.05, 0.1) is 0 Å². The van der Waals surface area contributed by atoms with Gasteiger partial charge in [-0.2, -0.15) is 0 Å². The highest BCUT2D eigenvalue weighted by Gasteiger charge is 2.12. The fraction of sp³-hybridized carbons (Fsp3) is 0.636. The first-order valence-electron chi connectivity index (χ1n) is 5.50. The molecule has 1 unspecified atom stereocenters. The van der Waals surface area contributed by atoms with Crippen molar-refractivity contribution in [2.24, 2.45) is 11.7 Å². The lowest BCUT2D eigenvalue weighted by molar-refractivity contribution is 0.497. The molecule has 0 saturated carbocycles. The monoisotopic (exact) mass is 240 g/mol. The van der Waals surface area contributed by atoms with Crippen LogP contribution in [0.4, 0.5) is 5.82 Å². The molecule has 0 saturated heterocycles. The van der Waals surface area contributed by atoms with Gasteiger partial charge in [-0.05, 0) is 25.1 Å². The van der Waals surface area contributed by atoms with E-state index in [0.29, 0.717) is 18.5 Å². The zero-order valence-electron chi connectivity index (χ0n) is 10.1. The summed E-state index contributed by atoms with van der Waals surface area (Å²) in [5, 5.41) is 4.39. The van der Waals surface area contributed by atoms with Crippen molar-refractivity contribution in [3.05, 3.63) is 12.4 Å². The predicted molar refractivity (Wildman–Crippen MR) is 69.7 cm³/mol. The second-order valence-corrected chi connectivity index (χ2v) is 4.84. The Labute approximate surface area is 101 Å². The Hall–Kier alpha value is -0.810. The number of nitrogens with two attached hydrogens (primary N) is 1. The SMILES string of the molecule is CSc1cc(NC(CCN)C(C)C)ncn1. The van der Waals surface area contributed by atoms with Crippen LogP contribution >= 0.6 is 11.8 Å². The van der Waals surface area contributed by atoms with Crippen LogP contribution in [0, 0.1) is 5.92 Å². The van der Waals surface area contributed by atoms with Gasteiger partial charge in [-0.15, -0.1) is 11.8 Å². The molecule has 90 valence electrons. The van der Waals surface area contributed by atoms with Crippen LogP contribution in [-0.2, 0) is 0 Å². The number of anilines is 1. The molecular formula is C11H20N4S. The van der Waals surface area contributed by atoms with Gasteiger partial charge in [0.1, 0.15) is 17.2 Å². The molecule has 0 bridgehead atoms. The van der Waals surface area contributed by atoms with Crippen LogP contribution in [0.3, 0.4) is 0 Å². The van der Waals surface area contributed by atoms with E-state index in [1.165, 1.54) is 0 Å². The van der Waals surface area contributed by atoms with Crippen LogP contribution in [-0.4, -0.2) is 28.8 Å². The molecule has 0 spiro atoms. The third-order valence-corrected chi connectivity index (χ3v) is 3.11. The summed E-state index contributed by atoms with van der Waals surface area (Å²) in [7, 11) is 0. The average molecular weight is 240 g/mol. The maximum atomic E-state index is 5.60. The summed E-state index contributed by atoms with van der Waals surface area (Å²) in [6.07, 6.45) is 4.55. The van der Waals surface area contributed by atoms with Gasteiger partial charge in [-0.25, -0.2) is 9.97 Å². The van der Waals surface area contributed by atoms with Gasteiger partial charge in [0.25, 0.3) is 0 Å². The van der Waals surface area contributed by atoms with Crippen LogP contribution in [0.1, 0.15) is 20.3 Å². The average Bonchev–Trinajstić information content (AvgIpc) is 2.28. The highest BCUT2D eigenvalue weighted by Crippen LogP contribution is 2.17. The summed E-state index contributed by atoms with van der Waals surface area (Å²) in [5.74, 6) is 1.42. The third-order valence-electron chi connectivity index (χ3n) is 2.47. The van der Waals surface area contributed by atoms with Crippen LogP contribution in [0.15, 0.2) is 17.4 Å². The van der Waals surface area contributed by atoms with E-state index >= 15 is 0 Å². The number of thioether (sulfide) groups is 1. The quantitative estimate of drug-likeness (QED) is 0.588. The number of rotatable bonds is 6. The minimum absolute atomic E-state index is 0.370. The van der Waals surface area contributed by atoms with Crippen molar-refractivity contribution >= 4 is 17.6 Å². The minimum atomic E-state index is 0.370. The molecule has 0 amide bonds. The molecule has 1 rings (SSSR count). The third kappa shape index (κ3) is 3.98. The van der Waals surface area contributed by atoms with Crippen molar-refractivity contribution in [1.82, 2.24) is 9.97 Å². The van der Waals surface area contributed by atoms with Crippen LogP contribution < -0.4 is 11.1 Å². The fourth-order valence-corrected chi connectivity index (χ4v) is 1.85. The van der Waals surface area contributed by atoms with Crippen LogP contribution in [0.5, 0.6) is 0 Å². The largest absolute Gasteiger partial charge is 0.367 e.